The quantitative estimate of drug-likeness (QED) is 0.399. The Bertz CT molecular complexity index is 1320. The number of benzene rings is 3. The lowest BCUT2D eigenvalue weighted by molar-refractivity contribution is -0.119. The molecule has 1 heterocycles. The van der Waals surface area contributed by atoms with Gasteiger partial charge in [-0.1, -0.05) is 48.5 Å². The van der Waals surface area contributed by atoms with Gasteiger partial charge in [-0.3, -0.25) is 9.59 Å². The number of rotatable bonds is 8. The van der Waals surface area contributed by atoms with Gasteiger partial charge in [-0.25, -0.2) is 4.68 Å². The molecule has 0 radical (unpaired) electrons. The first-order chi connectivity index (χ1) is 16.6. The number of anilines is 1. The molecule has 34 heavy (non-hydrogen) atoms. The maximum Gasteiger partial charge on any atom is 0.267 e. The largest absolute Gasteiger partial charge is 0.493 e. The molecule has 0 spiro atoms. The predicted molar refractivity (Wildman–Crippen MR) is 131 cm³/mol. The van der Waals surface area contributed by atoms with Gasteiger partial charge in [0.25, 0.3) is 5.56 Å². The molecule has 1 amide bonds. The molecule has 0 fully saturated rings. The molecule has 1 aromatic heterocycles. The monoisotopic (exact) mass is 455 g/mol. The summed E-state index contributed by atoms with van der Waals surface area (Å²) in [5.41, 5.74) is 2.66. The minimum absolute atomic E-state index is 0.193. The van der Waals surface area contributed by atoms with Crippen LogP contribution >= 0.6 is 0 Å². The van der Waals surface area contributed by atoms with E-state index in [1.165, 1.54) is 10.7 Å². The van der Waals surface area contributed by atoms with E-state index in [4.69, 9.17) is 9.47 Å². The number of amides is 1. The van der Waals surface area contributed by atoms with Crippen molar-refractivity contribution in [3.63, 3.8) is 0 Å². The fourth-order valence-electron chi connectivity index (χ4n) is 3.62. The zero-order valence-corrected chi connectivity index (χ0v) is 19.0. The summed E-state index contributed by atoms with van der Waals surface area (Å²) in [5.74, 6) is 0.900. The molecule has 0 aliphatic heterocycles. The molecule has 0 saturated heterocycles. The van der Waals surface area contributed by atoms with Crippen molar-refractivity contribution in [2.75, 3.05) is 19.1 Å². The van der Waals surface area contributed by atoms with Crippen molar-refractivity contribution in [3.05, 3.63) is 107 Å². The highest BCUT2D eigenvalue weighted by molar-refractivity contribution is 5.93. The van der Waals surface area contributed by atoms with Crippen molar-refractivity contribution in [1.82, 2.24) is 9.78 Å². The smallest absolute Gasteiger partial charge is 0.267 e. The summed E-state index contributed by atoms with van der Waals surface area (Å²) in [7, 11) is 3.12. The molecule has 0 aliphatic rings. The van der Waals surface area contributed by atoms with Gasteiger partial charge in [0.2, 0.25) is 5.91 Å². The summed E-state index contributed by atoms with van der Waals surface area (Å²) < 4.78 is 11.9. The van der Waals surface area contributed by atoms with E-state index in [1.807, 2.05) is 66.7 Å². The van der Waals surface area contributed by atoms with Crippen molar-refractivity contribution in [2.24, 2.45) is 0 Å². The van der Waals surface area contributed by atoms with E-state index in [2.05, 4.69) is 5.10 Å². The van der Waals surface area contributed by atoms with Crippen LogP contribution in [0.25, 0.3) is 11.3 Å². The highest BCUT2D eigenvalue weighted by Gasteiger charge is 2.18. The van der Waals surface area contributed by atoms with Crippen molar-refractivity contribution >= 4 is 11.6 Å². The Morgan fingerprint density at radius 2 is 1.53 bits per heavy atom. The van der Waals surface area contributed by atoms with Crippen LogP contribution in [0.15, 0.2) is 95.8 Å². The number of nitrogens with zero attached hydrogens (tertiary/aromatic N) is 3. The highest BCUT2D eigenvalue weighted by atomic mass is 16.5. The van der Waals surface area contributed by atoms with Crippen LogP contribution < -0.4 is 19.9 Å². The van der Waals surface area contributed by atoms with Gasteiger partial charge >= 0.3 is 0 Å². The van der Waals surface area contributed by atoms with Crippen LogP contribution in [-0.2, 0) is 17.9 Å². The summed E-state index contributed by atoms with van der Waals surface area (Å²) in [6.07, 6.45) is 0. The molecular weight excluding hydrogens is 430 g/mol. The minimum atomic E-state index is -0.356. The number of ether oxygens (including phenoxy) is 2. The molecule has 4 aromatic rings. The molecule has 0 bridgehead atoms. The van der Waals surface area contributed by atoms with E-state index in [1.54, 1.807) is 37.3 Å². The fourth-order valence-corrected chi connectivity index (χ4v) is 3.62. The van der Waals surface area contributed by atoms with Gasteiger partial charge in [-0.05, 0) is 42.0 Å². The van der Waals surface area contributed by atoms with Gasteiger partial charge in [0.1, 0.15) is 6.54 Å². The summed E-state index contributed by atoms with van der Waals surface area (Å²) in [6.45, 7) is 0.190. The first-order valence-corrected chi connectivity index (χ1v) is 10.8. The molecule has 7 nitrogen and oxygen atoms in total. The van der Waals surface area contributed by atoms with Gasteiger partial charge in [-0.2, -0.15) is 5.10 Å². The average molecular weight is 456 g/mol. The van der Waals surface area contributed by atoms with Gasteiger partial charge in [-0.15, -0.1) is 0 Å². The number of hydrogen-bond donors (Lipinski definition) is 0. The maximum absolute atomic E-state index is 13.4. The second kappa shape index (κ2) is 10.5. The first-order valence-electron chi connectivity index (χ1n) is 10.8. The SMILES string of the molecule is COc1ccc(-c2ccc(=O)n(CC(=O)N(Cc3ccccc3)c3ccccc3)n2)cc1OC. The van der Waals surface area contributed by atoms with E-state index >= 15 is 0 Å². The molecule has 4 rings (SSSR count). The molecule has 0 N–H and O–H groups in total. The predicted octanol–water partition coefficient (Wildman–Crippen LogP) is 4.16. The lowest BCUT2D eigenvalue weighted by Gasteiger charge is -2.23. The van der Waals surface area contributed by atoms with Gasteiger partial charge in [0.15, 0.2) is 11.5 Å². The van der Waals surface area contributed by atoms with E-state index in [9.17, 15) is 9.59 Å². The Hall–Kier alpha value is -4.39. The van der Waals surface area contributed by atoms with Crippen LogP contribution in [0, 0.1) is 0 Å². The van der Waals surface area contributed by atoms with Crippen molar-refractivity contribution in [1.29, 1.82) is 0 Å². The maximum atomic E-state index is 13.4. The summed E-state index contributed by atoms with van der Waals surface area (Å²) >= 11 is 0. The average Bonchev–Trinajstić information content (AvgIpc) is 2.89. The van der Waals surface area contributed by atoms with Gasteiger partial charge < -0.3 is 14.4 Å². The third kappa shape index (κ3) is 5.15. The Labute approximate surface area is 197 Å². The summed E-state index contributed by atoms with van der Waals surface area (Å²) in [5, 5.41) is 4.46. The fraction of sp³-hybridized carbons (Fsp3) is 0.148. The topological polar surface area (TPSA) is 73.7 Å². The third-order valence-corrected chi connectivity index (χ3v) is 5.38. The second-order valence-electron chi connectivity index (χ2n) is 7.59. The number of methoxy groups -OCH3 is 2. The number of hydrogen-bond acceptors (Lipinski definition) is 5. The van der Waals surface area contributed by atoms with E-state index in [0.29, 0.717) is 23.7 Å². The number of carbonyl (C=O) groups excluding carboxylic acids is 1. The van der Waals surface area contributed by atoms with Crippen LogP contribution in [0.5, 0.6) is 11.5 Å². The van der Waals surface area contributed by atoms with E-state index in [-0.39, 0.29) is 18.0 Å². The highest BCUT2D eigenvalue weighted by Crippen LogP contribution is 2.31. The Morgan fingerprint density at radius 3 is 2.21 bits per heavy atom. The molecule has 7 heteroatoms. The van der Waals surface area contributed by atoms with Gasteiger partial charge in [0, 0.05) is 17.3 Å². The Balaban J connectivity index is 1.64. The van der Waals surface area contributed by atoms with Crippen molar-refractivity contribution in [2.45, 2.75) is 13.1 Å². The van der Waals surface area contributed by atoms with E-state index < -0.39 is 0 Å². The first kappa shape index (κ1) is 22.8. The van der Waals surface area contributed by atoms with Crippen LogP contribution in [0.3, 0.4) is 0 Å². The zero-order valence-electron chi connectivity index (χ0n) is 19.0. The van der Waals surface area contributed by atoms with Crippen LogP contribution in [0.2, 0.25) is 0 Å². The third-order valence-electron chi connectivity index (χ3n) is 5.38. The van der Waals surface area contributed by atoms with Crippen molar-refractivity contribution in [3.8, 4) is 22.8 Å². The summed E-state index contributed by atoms with van der Waals surface area (Å²) in [6, 6.07) is 27.5. The lowest BCUT2D eigenvalue weighted by atomic mass is 10.1. The molecule has 0 atom stereocenters. The van der Waals surface area contributed by atoms with Crippen LogP contribution in [-0.4, -0.2) is 29.9 Å². The van der Waals surface area contributed by atoms with Crippen LogP contribution in [0.4, 0.5) is 5.69 Å². The molecule has 0 unspecified atom stereocenters. The Kier molecular flexibility index (Phi) is 7.03. The second-order valence-corrected chi connectivity index (χ2v) is 7.59. The summed E-state index contributed by atoms with van der Waals surface area (Å²) in [4.78, 5) is 27.6. The molecule has 3 aromatic carbocycles. The molecule has 0 saturated carbocycles. The Morgan fingerprint density at radius 1 is 0.853 bits per heavy atom. The number of aromatic nitrogens is 2. The zero-order chi connectivity index (χ0) is 23.9. The number of carbonyl (C=O) groups is 1. The molecule has 0 aliphatic carbocycles. The van der Waals surface area contributed by atoms with E-state index in [0.717, 1.165) is 16.8 Å². The van der Waals surface area contributed by atoms with Gasteiger partial charge in [0.05, 0.1) is 26.5 Å². The lowest BCUT2D eigenvalue weighted by Crippen LogP contribution is -2.37. The normalized spacial score (nSPS) is 10.5. The molecule has 172 valence electrons. The van der Waals surface area contributed by atoms with Crippen LogP contribution in [0.1, 0.15) is 5.56 Å². The standard InChI is InChI=1S/C27H25N3O4/c1-33-24-15-13-21(17-25(24)34-2)23-14-16-26(31)30(28-23)19-27(32)29(22-11-7-4-8-12-22)18-20-9-5-3-6-10-20/h3-17H,18-19H2,1-2H3. The van der Waals surface area contributed by atoms with Crippen molar-refractivity contribution < 1.29 is 14.3 Å². The number of para-hydroxylation sites is 1. The molecular formula is C27H25N3O4. The minimum Gasteiger partial charge on any atom is -0.493 e.